The zero-order valence-corrected chi connectivity index (χ0v) is 37.4. The molecule has 5 heterocycles. The molecule has 8 nitrogen and oxygen atoms in total. The molecule has 0 unspecified atom stereocenters. The zero-order valence-electron chi connectivity index (χ0n) is 37.4. The highest BCUT2D eigenvalue weighted by Gasteiger charge is 2.21. The fourth-order valence-corrected chi connectivity index (χ4v) is 9.83. The van der Waals surface area contributed by atoms with E-state index in [2.05, 4.69) is 138 Å². The van der Waals surface area contributed by atoms with E-state index < -0.39 is 0 Å². The van der Waals surface area contributed by atoms with Crippen molar-refractivity contribution in [2.75, 3.05) is 0 Å². The van der Waals surface area contributed by atoms with Gasteiger partial charge in [-0.05, 0) is 75.6 Å². The Labute approximate surface area is 400 Å². The molecule has 0 spiro atoms. The molecule has 9 aromatic carbocycles. The van der Waals surface area contributed by atoms with Crippen molar-refractivity contribution in [1.82, 2.24) is 34.5 Å². The third-order valence-electron chi connectivity index (χ3n) is 13.3. The zero-order chi connectivity index (χ0) is 46.1. The molecule has 0 N–H and O–H groups in total. The maximum Gasteiger partial charge on any atom is 0.229 e. The van der Waals surface area contributed by atoms with Crippen molar-refractivity contribution in [3.05, 3.63) is 225 Å². The third kappa shape index (κ3) is 6.69. The Kier molecular flexibility index (Phi) is 9.03. The molecular formula is C62H37N7O. The maximum absolute atomic E-state index is 6.52. The lowest BCUT2D eigenvalue weighted by molar-refractivity contribution is 0.653. The van der Waals surface area contributed by atoms with Gasteiger partial charge in [0.1, 0.15) is 11.2 Å². The van der Waals surface area contributed by atoms with Crippen molar-refractivity contribution < 1.29 is 4.42 Å². The first kappa shape index (κ1) is 39.5. The van der Waals surface area contributed by atoms with Crippen molar-refractivity contribution in [2.24, 2.45) is 0 Å². The molecular weight excluding hydrogens is 859 g/mol. The topological polar surface area (TPSA) is 95.4 Å². The summed E-state index contributed by atoms with van der Waals surface area (Å²) >= 11 is 0. The molecule has 0 atom stereocenters. The van der Waals surface area contributed by atoms with Crippen LogP contribution >= 0.6 is 0 Å². The number of hydrogen-bond acceptors (Lipinski definition) is 7. The van der Waals surface area contributed by atoms with Gasteiger partial charge in [-0.2, -0.15) is 0 Å². The second kappa shape index (κ2) is 16.0. The number of nitrogens with zero attached hydrogens (tertiary/aromatic N) is 7. The van der Waals surface area contributed by atoms with E-state index in [9.17, 15) is 0 Å². The Morgan fingerprint density at radius 3 is 1.54 bits per heavy atom. The largest absolute Gasteiger partial charge is 0.434 e. The van der Waals surface area contributed by atoms with Crippen LogP contribution in [-0.4, -0.2) is 34.5 Å². The van der Waals surface area contributed by atoms with Gasteiger partial charge in [0.15, 0.2) is 28.9 Å². The minimum Gasteiger partial charge on any atom is -0.434 e. The van der Waals surface area contributed by atoms with E-state index >= 15 is 0 Å². The van der Waals surface area contributed by atoms with Crippen LogP contribution in [-0.2, 0) is 0 Å². The molecule has 0 amide bonds. The summed E-state index contributed by atoms with van der Waals surface area (Å²) in [6, 6.07) is 75.4. The fraction of sp³-hybridized carbons (Fsp3) is 0. The normalized spacial score (nSPS) is 11.7. The van der Waals surface area contributed by atoms with Gasteiger partial charge >= 0.3 is 0 Å². The number of fused-ring (bicyclic) bond motifs is 8. The Bertz CT molecular complexity index is 4300. The van der Waals surface area contributed by atoms with E-state index in [0.29, 0.717) is 45.8 Å². The number of para-hydroxylation sites is 2. The molecule has 8 heteroatoms. The van der Waals surface area contributed by atoms with Gasteiger partial charge in [-0.1, -0.05) is 170 Å². The average Bonchev–Trinajstić information content (AvgIpc) is 3.98. The van der Waals surface area contributed by atoms with Crippen LogP contribution in [0.1, 0.15) is 0 Å². The second-order valence-corrected chi connectivity index (χ2v) is 17.5. The van der Waals surface area contributed by atoms with Crippen LogP contribution in [0.3, 0.4) is 0 Å². The van der Waals surface area contributed by atoms with Crippen molar-refractivity contribution >= 4 is 65.6 Å². The Balaban J connectivity index is 0.871. The molecule has 326 valence electrons. The van der Waals surface area contributed by atoms with Crippen molar-refractivity contribution in [1.29, 1.82) is 0 Å². The molecule has 5 aromatic heterocycles. The molecule has 14 rings (SSSR count). The Morgan fingerprint density at radius 1 is 0.329 bits per heavy atom. The minimum atomic E-state index is 0.505. The molecule has 0 saturated carbocycles. The van der Waals surface area contributed by atoms with Crippen molar-refractivity contribution in [3.8, 4) is 73.6 Å². The summed E-state index contributed by atoms with van der Waals surface area (Å²) in [4.78, 5) is 30.6. The molecule has 0 aliphatic heterocycles. The van der Waals surface area contributed by atoms with E-state index in [-0.39, 0.29) is 0 Å². The average molecular weight is 896 g/mol. The summed E-state index contributed by atoms with van der Waals surface area (Å²) in [5, 5.41) is 8.02. The number of furan rings is 1. The van der Waals surface area contributed by atoms with Gasteiger partial charge in [-0.25, -0.2) is 29.9 Å². The van der Waals surface area contributed by atoms with E-state index in [1.165, 1.54) is 32.3 Å². The predicted molar refractivity (Wildman–Crippen MR) is 282 cm³/mol. The van der Waals surface area contributed by atoms with Crippen molar-refractivity contribution in [3.63, 3.8) is 0 Å². The van der Waals surface area contributed by atoms with Crippen molar-refractivity contribution in [2.45, 2.75) is 0 Å². The van der Waals surface area contributed by atoms with Gasteiger partial charge in [0.2, 0.25) is 5.71 Å². The monoisotopic (exact) mass is 895 g/mol. The lowest BCUT2D eigenvalue weighted by Crippen LogP contribution is -2.01. The van der Waals surface area contributed by atoms with Crippen LogP contribution in [0.25, 0.3) is 139 Å². The van der Waals surface area contributed by atoms with Gasteiger partial charge in [0.05, 0.1) is 16.4 Å². The van der Waals surface area contributed by atoms with Gasteiger partial charge < -0.3 is 8.98 Å². The summed E-state index contributed by atoms with van der Waals surface area (Å²) < 4.78 is 8.83. The number of rotatable bonds is 7. The molecule has 0 bridgehead atoms. The van der Waals surface area contributed by atoms with Crippen LogP contribution in [0.2, 0.25) is 0 Å². The smallest absolute Gasteiger partial charge is 0.229 e. The maximum atomic E-state index is 6.52. The summed E-state index contributed by atoms with van der Waals surface area (Å²) in [7, 11) is 0. The summed E-state index contributed by atoms with van der Waals surface area (Å²) in [6.45, 7) is 0. The lowest BCUT2D eigenvalue weighted by atomic mass is 9.99. The number of aromatic nitrogens is 7. The third-order valence-corrected chi connectivity index (χ3v) is 13.3. The first-order chi connectivity index (χ1) is 34.6. The van der Waals surface area contributed by atoms with Crippen LogP contribution in [0.15, 0.2) is 229 Å². The number of benzene rings is 9. The lowest BCUT2D eigenvalue weighted by Gasteiger charge is -2.12. The van der Waals surface area contributed by atoms with Gasteiger partial charge in [0, 0.05) is 56.0 Å². The van der Waals surface area contributed by atoms with Gasteiger partial charge in [-0.3, -0.25) is 0 Å². The molecule has 0 saturated heterocycles. The molecule has 70 heavy (non-hydrogen) atoms. The fourth-order valence-electron chi connectivity index (χ4n) is 9.83. The number of pyridine rings is 1. The van der Waals surface area contributed by atoms with Crippen LogP contribution in [0.5, 0.6) is 0 Å². The van der Waals surface area contributed by atoms with E-state index in [0.717, 1.165) is 61.1 Å². The molecule has 0 aliphatic rings. The molecule has 0 radical (unpaired) electrons. The second-order valence-electron chi connectivity index (χ2n) is 17.5. The Hall–Kier alpha value is -9.66. The van der Waals surface area contributed by atoms with Gasteiger partial charge in [-0.15, -0.1) is 0 Å². The minimum absolute atomic E-state index is 0.505. The van der Waals surface area contributed by atoms with E-state index in [1.54, 1.807) is 0 Å². The van der Waals surface area contributed by atoms with Crippen LogP contribution in [0.4, 0.5) is 0 Å². The Morgan fingerprint density at radius 2 is 0.857 bits per heavy atom. The standard InChI is InChI=1S/C62H37N7O/c1-3-14-38(15-4-1)55-57-56(52-36-48(37-63-62(52)70-57)45-31-30-44-32-42-18-7-8-19-43(42)33-47(44)34-45)65-58(64-55)40-26-28-41(29-27-40)60-66-59(39-16-5-2-6-17-39)67-61(68-60)46-20-13-21-49(35-46)69-53-24-11-9-22-50(53)51-23-10-12-25-54(51)69/h1-37H. The molecule has 14 aromatic rings. The van der Waals surface area contributed by atoms with Crippen LogP contribution < -0.4 is 0 Å². The quantitative estimate of drug-likeness (QED) is 0.147. The van der Waals surface area contributed by atoms with Gasteiger partial charge in [0.25, 0.3) is 0 Å². The summed E-state index contributed by atoms with van der Waals surface area (Å²) in [5.74, 6) is 2.28. The molecule has 0 fully saturated rings. The number of hydrogen-bond donors (Lipinski definition) is 0. The SMILES string of the molecule is c1ccc(-c2nc(-c3ccc(-c4nc(-c5ccccc5)c5oc6ncc(-c7ccc8cc9ccccc9cc8c7)cc6c5n4)cc3)nc(-c3cccc(-n4c5ccccc5c5ccccc54)c3)n2)cc1. The molecule has 0 aliphatic carbocycles. The van der Waals surface area contributed by atoms with E-state index in [4.69, 9.17) is 34.3 Å². The highest BCUT2D eigenvalue weighted by atomic mass is 16.3. The predicted octanol–water partition coefficient (Wildman–Crippen LogP) is 15.4. The summed E-state index contributed by atoms with van der Waals surface area (Å²) in [6.07, 6.45) is 1.88. The first-order valence-electron chi connectivity index (χ1n) is 23.3. The summed E-state index contributed by atoms with van der Waals surface area (Å²) in [5.41, 5.74) is 12.2. The van der Waals surface area contributed by atoms with E-state index in [1.807, 2.05) is 91.1 Å². The highest BCUT2D eigenvalue weighted by Crippen LogP contribution is 2.38. The first-order valence-corrected chi connectivity index (χ1v) is 23.3. The highest BCUT2D eigenvalue weighted by molar-refractivity contribution is 6.10. The van der Waals surface area contributed by atoms with Crippen LogP contribution in [0, 0.1) is 0 Å².